The van der Waals surface area contributed by atoms with Gasteiger partial charge in [0, 0.05) is 10.0 Å². The maximum Gasteiger partial charge on any atom is 0.0924 e. The molecule has 0 unspecified atom stereocenters. The molecule has 0 aliphatic heterocycles. The van der Waals surface area contributed by atoms with E-state index in [2.05, 4.69) is 25.9 Å². The number of hydrogen-bond donors (Lipinski definition) is 1. The third kappa shape index (κ3) is 1.76. The summed E-state index contributed by atoms with van der Waals surface area (Å²) < 4.78 is 1.00. The summed E-state index contributed by atoms with van der Waals surface area (Å²) in [5.74, 6) is 0. The van der Waals surface area contributed by atoms with Crippen molar-refractivity contribution in [3.63, 3.8) is 0 Å². The van der Waals surface area contributed by atoms with Crippen molar-refractivity contribution in [2.45, 2.75) is 0 Å². The van der Waals surface area contributed by atoms with Crippen LogP contribution < -0.4 is 0 Å². The predicted molar refractivity (Wildman–Crippen MR) is 56.7 cm³/mol. The predicted octanol–water partition coefficient (Wildman–Crippen LogP) is 3.49. The summed E-state index contributed by atoms with van der Waals surface area (Å²) in [4.78, 5) is 6.94. The van der Waals surface area contributed by atoms with E-state index >= 15 is 0 Å². The van der Waals surface area contributed by atoms with Crippen LogP contribution >= 0.6 is 27.5 Å². The monoisotopic (exact) mass is 256 g/mol. The summed E-state index contributed by atoms with van der Waals surface area (Å²) >= 11 is 9.41. The van der Waals surface area contributed by atoms with Crippen LogP contribution in [0.2, 0.25) is 5.02 Å². The second-order valence-electron chi connectivity index (χ2n) is 2.59. The van der Waals surface area contributed by atoms with E-state index < -0.39 is 0 Å². The first kappa shape index (κ1) is 8.78. The minimum absolute atomic E-state index is 0.715. The van der Waals surface area contributed by atoms with Crippen molar-refractivity contribution in [3.05, 3.63) is 40.2 Å². The van der Waals surface area contributed by atoms with Gasteiger partial charge in [-0.05, 0) is 18.2 Å². The number of benzene rings is 1. The van der Waals surface area contributed by atoms with Gasteiger partial charge in [0.05, 0.1) is 23.2 Å². The molecule has 2 rings (SSSR count). The minimum atomic E-state index is 0.715. The van der Waals surface area contributed by atoms with Crippen LogP contribution in [0.4, 0.5) is 0 Å². The van der Waals surface area contributed by atoms with Gasteiger partial charge in [0.25, 0.3) is 0 Å². The minimum Gasteiger partial charge on any atom is -0.345 e. The second kappa shape index (κ2) is 3.52. The zero-order valence-corrected chi connectivity index (χ0v) is 8.93. The van der Waals surface area contributed by atoms with Gasteiger partial charge < -0.3 is 4.98 Å². The highest BCUT2D eigenvalue weighted by Gasteiger charge is 2.04. The molecule has 1 aromatic heterocycles. The van der Waals surface area contributed by atoms with Gasteiger partial charge in [0.2, 0.25) is 0 Å². The van der Waals surface area contributed by atoms with Crippen molar-refractivity contribution in [1.82, 2.24) is 9.97 Å². The van der Waals surface area contributed by atoms with E-state index in [1.807, 2.05) is 18.2 Å². The molecule has 0 radical (unpaired) electrons. The van der Waals surface area contributed by atoms with Gasteiger partial charge in [-0.1, -0.05) is 27.5 Å². The van der Waals surface area contributed by atoms with E-state index in [4.69, 9.17) is 11.6 Å². The number of nitrogens with zero attached hydrogens (tertiary/aromatic N) is 1. The smallest absolute Gasteiger partial charge is 0.0924 e. The standard InChI is InChI=1S/C9H6BrClN2/c10-6-1-2-8(11)7(3-6)9-4-12-5-13-9/h1-5H,(H,12,13). The third-order valence-corrected chi connectivity index (χ3v) is 2.54. The Morgan fingerprint density at radius 2 is 2.23 bits per heavy atom. The van der Waals surface area contributed by atoms with Crippen LogP contribution in [-0.4, -0.2) is 9.97 Å². The Morgan fingerprint density at radius 1 is 1.38 bits per heavy atom. The second-order valence-corrected chi connectivity index (χ2v) is 3.91. The molecule has 2 nitrogen and oxygen atoms in total. The summed E-state index contributed by atoms with van der Waals surface area (Å²) in [6, 6.07) is 5.71. The zero-order valence-electron chi connectivity index (χ0n) is 6.59. The van der Waals surface area contributed by atoms with Crippen molar-refractivity contribution in [1.29, 1.82) is 0 Å². The molecular formula is C9H6BrClN2. The maximum absolute atomic E-state index is 6.02. The summed E-state index contributed by atoms with van der Waals surface area (Å²) in [5, 5.41) is 0.715. The Kier molecular flexibility index (Phi) is 2.38. The van der Waals surface area contributed by atoms with E-state index in [0.29, 0.717) is 5.02 Å². The van der Waals surface area contributed by atoms with Crippen LogP contribution in [-0.2, 0) is 0 Å². The molecule has 0 spiro atoms. The van der Waals surface area contributed by atoms with Crippen LogP contribution in [0.3, 0.4) is 0 Å². The number of halogens is 2. The first-order valence-corrected chi connectivity index (χ1v) is 4.88. The number of imidazole rings is 1. The normalized spacial score (nSPS) is 10.3. The van der Waals surface area contributed by atoms with Gasteiger partial charge in [-0.15, -0.1) is 0 Å². The molecule has 0 fully saturated rings. The fourth-order valence-corrected chi connectivity index (χ4v) is 1.69. The lowest BCUT2D eigenvalue weighted by Gasteiger charge is -2.01. The number of hydrogen-bond acceptors (Lipinski definition) is 1. The first-order valence-electron chi connectivity index (χ1n) is 3.71. The van der Waals surface area contributed by atoms with Crippen LogP contribution in [0, 0.1) is 0 Å². The third-order valence-electron chi connectivity index (χ3n) is 1.72. The lowest BCUT2D eigenvalue weighted by Crippen LogP contribution is -1.78. The summed E-state index contributed by atoms with van der Waals surface area (Å²) in [6.07, 6.45) is 3.38. The zero-order chi connectivity index (χ0) is 9.26. The van der Waals surface area contributed by atoms with Crippen molar-refractivity contribution in [2.24, 2.45) is 0 Å². The van der Waals surface area contributed by atoms with E-state index in [9.17, 15) is 0 Å². The molecule has 1 aromatic carbocycles. The Morgan fingerprint density at radius 3 is 2.92 bits per heavy atom. The van der Waals surface area contributed by atoms with Gasteiger partial charge in [-0.2, -0.15) is 0 Å². The molecule has 0 bridgehead atoms. The average Bonchev–Trinajstić information content (AvgIpc) is 2.61. The molecule has 4 heteroatoms. The lowest BCUT2D eigenvalue weighted by molar-refractivity contribution is 1.31. The van der Waals surface area contributed by atoms with E-state index in [1.54, 1.807) is 12.5 Å². The Balaban J connectivity index is 2.57. The molecule has 0 saturated carbocycles. The number of nitrogens with one attached hydrogen (secondary N) is 1. The van der Waals surface area contributed by atoms with E-state index in [-0.39, 0.29) is 0 Å². The molecule has 0 aliphatic carbocycles. The first-order chi connectivity index (χ1) is 6.27. The SMILES string of the molecule is Clc1ccc(Br)cc1-c1cnc[nH]1. The summed E-state index contributed by atoms with van der Waals surface area (Å²) in [6.45, 7) is 0. The molecule has 1 N–H and O–H groups in total. The van der Waals surface area contributed by atoms with Crippen LogP contribution in [0.15, 0.2) is 35.2 Å². The largest absolute Gasteiger partial charge is 0.345 e. The molecule has 66 valence electrons. The molecule has 0 aliphatic rings. The quantitative estimate of drug-likeness (QED) is 0.832. The van der Waals surface area contributed by atoms with Gasteiger partial charge in [0.1, 0.15) is 0 Å². The Hall–Kier alpha value is -0.800. The van der Waals surface area contributed by atoms with Crippen molar-refractivity contribution < 1.29 is 0 Å². The van der Waals surface area contributed by atoms with Crippen LogP contribution in [0.25, 0.3) is 11.3 Å². The number of rotatable bonds is 1. The van der Waals surface area contributed by atoms with Crippen molar-refractivity contribution >= 4 is 27.5 Å². The highest BCUT2D eigenvalue weighted by Crippen LogP contribution is 2.28. The maximum atomic E-state index is 6.02. The number of aromatic nitrogens is 2. The highest BCUT2D eigenvalue weighted by atomic mass is 79.9. The fourth-order valence-electron chi connectivity index (χ4n) is 1.11. The molecule has 0 amide bonds. The van der Waals surface area contributed by atoms with E-state index in [1.165, 1.54) is 0 Å². The van der Waals surface area contributed by atoms with Gasteiger partial charge >= 0.3 is 0 Å². The summed E-state index contributed by atoms with van der Waals surface area (Å²) in [7, 11) is 0. The van der Waals surface area contributed by atoms with Crippen LogP contribution in [0.5, 0.6) is 0 Å². The van der Waals surface area contributed by atoms with Crippen LogP contribution in [0.1, 0.15) is 0 Å². The van der Waals surface area contributed by atoms with E-state index in [0.717, 1.165) is 15.7 Å². The highest BCUT2D eigenvalue weighted by molar-refractivity contribution is 9.10. The topological polar surface area (TPSA) is 28.7 Å². The lowest BCUT2D eigenvalue weighted by atomic mass is 10.2. The molecule has 13 heavy (non-hydrogen) atoms. The van der Waals surface area contributed by atoms with Crippen molar-refractivity contribution in [2.75, 3.05) is 0 Å². The Labute approximate surface area is 89.1 Å². The average molecular weight is 258 g/mol. The van der Waals surface area contributed by atoms with Gasteiger partial charge in [0.15, 0.2) is 0 Å². The molecule has 1 heterocycles. The molecule has 0 saturated heterocycles. The van der Waals surface area contributed by atoms with Gasteiger partial charge in [-0.3, -0.25) is 0 Å². The summed E-state index contributed by atoms with van der Waals surface area (Å²) in [5.41, 5.74) is 1.87. The molecule has 0 atom stereocenters. The van der Waals surface area contributed by atoms with Crippen molar-refractivity contribution in [3.8, 4) is 11.3 Å². The molecule has 2 aromatic rings. The fraction of sp³-hybridized carbons (Fsp3) is 0. The van der Waals surface area contributed by atoms with Gasteiger partial charge in [-0.25, -0.2) is 4.98 Å². The number of aromatic amines is 1. The number of H-pyrrole nitrogens is 1. The molecular weight excluding hydrogens is 251 g/mol. The Bertz CT molecular complexity index is 412.